The van der Waals surface area contributed by atoms with Gasteiger partial charge in [0.2, 0.25) is 5.91 Å². The summed E-state index contributed by atoms with van der Waals surface area (Å²) in [6, 6.07) is 4.91. The van der Waals surface area contributed by atoms with Crippen LogP contribution in [0.3, 0.4) is 0 Å². The number of methoxy groups -OCH3 is 1. The lowest BCUT2D eigenvalue weighted by Crippen LogP contribution is -2.36. The first-order chi connectivity index (χ1) is 10.0. The van der Waals surface area contributed by atoms with Gasteiger partial charge in [-0.2, -0.15) is 0 Å². The summed E-state index contributed by atoms with van der Waals surface area (Å²) in [5, 5.41) is 2.18. The van der Waals surface area contributed by atoms with Gasteiger partial charge in [0, 0.05) is 18.3 Å². The highest BCUT2D eigenvalue weighted by atomic mass is 32.2. The smallest absolute Gasteiger partial charge is 0.235 e. The highest BCUT2D eigenvalue weighted by Crippen LogP contribution is 2.26. The second kappa shape index (κ2) is 8.67. The van der Waals surface area contributed by atoms with Crippen molar-refractivity contribution in [2.24, 2.45) is 0 Å². The second-order valence-electron chi connectivity index (χ2n) is 4.85. The Hall–Kier alpha value is -1.56. The Bertz CT molecular complexity index is 506. The third-order valence-corrected chi connectivity index (χ3v) is 4.80. The summed E-state index contributed by atoms with van der Waals surface area (Å²) in [7, 11) is 0.0133. The molecule has 5 nitrogen and oxygen atoms in total. The minimum atomic E-state index is -1.48. The average Bonchev–Trinajstić information content (AvgIpc) is 2.49. The maximum atomic E-state index is 12.5. The first kappa shape index (κ1) is 17.5. The number of anilines is 1. The maximum Gasteiger partial charge on any atom is 0.235 e. The first-order valence-corrected chi connectivity index (χ1v) is 8.34. The van der Waals surface area contributed by atoms with Crippen LogP contribution in [0.5, 0.6) is 5.75 Å². The van der Waals surface area contributed by atoms with Crippen LogP contribution in [0.4, 0.5) is 5.69 Å². The normalized spacial score (nSPS) is 13.5. The molecule has 1 aromatic rings. The molecule has 1 aromatic carbocycles. The Morgan fingerprint density at radius 3 is 2.76 bits per heavy atom. The number of nitrogen functional groups attached to an aromatic ring is 1. The molecule has 0 saturated heterocycles. The van der Waals surface area contributed by atoms with E-state index >= 15 is 0 Å². The fraction of sp³-hybridized carbons (Fsp3) is 0.533. The van der Waals surface area contributed by atoms with E-state index in [1.165, 1.54) is 7.11 Å². The summed E-state index contributed by atoms with van der Waals surface area (Å²) >= 11 is 0. The van der Waals surface area contributed by atoms with Gasteiger partial charge in [-0.3, -0.25) is 9.00 Å². The minimum Gasteiger partial charge on any atom is -0.495 e. The summed E-state index contributed by atoms with van der Waals surface area (Å²) in [6.07, 6.45) is 3.11. The average molecular weight is 312 g/mol. The quantitative estimate of drug-likeness (QED) is 0.569. The summed E-state index contributed by atoms with van der Waals surface area (Å²) in [5.74, 6) is 0.238. The van der Waals surface area contributed by atoms with Crippen LogP contribution in [-0.2, 0) is 15.6 Å². The van der Waals surface area contributed by atoms with E-state index in [0.29, 0.717) is 22.9 Å². The molecule has 0 aliphatic heterocycles. The van der Waals surface area contributed by atoms with E-state index in [2.05, 4.69) is 12.2 Å². The van der Waals surface area contributed by atoms with Crippen molar-refractivity contribution in [1.82, 2.24) is 5.32 Å². The molecule has 1 rings (SSSR count). The van der Waals surface area contributed by atoms with Crippen LogP contribution in [0.25, 0.3) is 0 Å². The Balaban J connectivity index is 2.71. The molecule has 1 amide bonds. The Morgan fingerprint density at radius 2 is 2.14 bits per heavy atom. The molecule has 0 aromatic heterocycles. The van der Waals surface area contributed by atoms with E-state index in [4.69, 9.17) is 10.5 Å². The molecule has 0 heterocycles. The highest BCUT2D eigenvalue weighted by Gasteiger charge is 2.23. The molecule has 118 valence electrons. The summed E-state index contributed by atoms with van der Waals surface area (Å²) in [4.78, 5) is 12.5. The molecule has 0 aliphatic rings. The third-order valence-electron chi connectivity index (χ3n) is 3.17. The fourth-order valence-corrected chi connectivity index (χ4v) is 3.07. The molecule has 0 aliphatic carbocycles. The van der Waals surface area contributed by atoms with Gasteiger partial charge >= 0.3 is 0 Å². The predicted molar refractivity (Wildman–Crippen MR) is 85.8 cm³/mol. The van der Waals surface area contributed by atoms with E-state index in [1.807, 2.05) is 0 Å². The van der Waals surface area contributed by atoms with Crippen LogP contribution in [-0.4, -0.2) is 29.0 Å². The molecule has 0 spiro atoms. The van der Waals surface area contributed by atoms with E-state index in [1.54, 1.807) is 25.1 Å². The Morgan fingerprint density at radius 1 is 1.43 bits per heavy atom. The van der Waals surface area contributed by atoms with E-state index in [0.717, 1.165) is 19.3 Å². The van der Waals surface area contributed by atoms with Crippen LogP contribution >= 0.6 is 0 Å². The number of carbonyl (C=O) groups is 1. The van der Waals surface area contributed by atoms with E-state index in [9.17, 15) is 9.00 Å². The minimum absolute atomic E-state index is 0.205. The van der Waals surface area contributed by atoms with Gasteiger partial charge < -0.3 is 15.8 Å². The molecule has 0 saturated carbocycles. The molecular weight excluding hydrogens is 288 g/mol. The number of hydrogen-bond acceptors (Lipinski definition) is 4. The molecule has 3 N–H and O–H groups in total. The molecule has 2 atom stereocenters. The fourth-order valence-electron chi connectivity index (χ4n) is 1.87. The molecule has 6 heteroatoms. The van der Waals surface area contributed by atoms with Crippen LogP contribution in [0.1, 0.15) is 33.1 Å². The lowest BCUT2D eigenvalue weighted by molar-refractivity contribution is -0.120. The number of unbranched alkanes of at least 4 members (excludes halogenated alkanes) is 2. The lowest BCUT2D eigenvalue weighted by Gasteiger charge is -2.14. The van der Waals surface area contributed by atoms with Crippen LogP contribution in [0.15, 0.2) is 23.1 Å². The predicted octanol–water partition coefficient (Wildman–Crippen LogP) is 2.08. The molecule has 0 fully saturated rings. The van der Waals surface area contributed by atoms with Crippen molar-refractivity contribution in [3.63, 3.8) is 0 Å². The zero-order chi connectivity index (χ0) is 15.8. The van der Waals surface area contributed by atoms with Crippen molar-refractivity contribution in [2.75, 3.05) is 19.4 Å². The highest BCUT2D eigenvalue weighted by molar-refractivity contribution is 7.86. The van der Waals surface area contributed by atoms with Crippen molar-refractivity contribution in [2.45, 2.75) is 43.3 Å². The SMILES string of the molecule is CCCCCNC(=O)C(C)S(=O)c1ccc(N)cc1OC. The van der Waals surface area contributed by atoms with Gasteiger partial charge in [0.15, 0.2) is 0 Å². The zero-order valence-electron chi connectivity index (χ0n) is 12.8. The number of nitrogens with one attached hydrogen (secondary N) is 1. The zero-order valence-corrected chi connectivity index (χ0v) is 13.7. The molecule has 2 unspecified atom stereocenters. The van der Waals surface area contributed by atoms with E-state index < -0.39 is 16.0 Å². The van der Waals surface area contributed by atoms with Gasteiger partial charge in [0.05, 0.1) is 22.8 Å². The van der Waals surface area contributed by atoms with Crippen molar-refractivity contribution in [3.8, 4) is 5.75 Å². The van der Waals surface area contributed by atoms with Gasteiger partial charge in [0.1, 0.15) is 11.0 Å². The number of amides is 1. The Kier molecular flexibility index (Phi) is 7.22. The van der Waals surface area contributed by atoms with Crippen molar-refractivity contribution in [3.05, 3.63) is 18.2 Å². The first-order valence-electron chi connectivity index (χ1n) is 7.13. The topological polar surface area (TPSA) is 81.4 Å². The standard InChI is InChI=1S/C15H24N2O3S/c1-4-5-6-9-17-15(18)11(2)21(19)14-8-7-12(16)10-13(14)20-3/h7-8,10-11H,4-6,9,16H2,1-3H3,(H,17,18). The van der Waals surface area contributed by atoms with Crippen LogP contribution in [0.2, 0.25) is 0 Å². The van der Waals surface area contributed by atoms with Gasteiger partial charge in [-0.25, -0.2) is 0 Å². The van der Waals surface area contributed by atoms with Gasteiger partial charge in [-0.1, -0.05) is 19.8 Å². The largest absolute Gasteiger partial charge is 0.495 e. The molecule has 21 heavy (non-hydrogen) atoms. The third kappa shape index (κ3) is 5.04. The van der Waals surface area contributed by atoms with Gasteiger partial charge in [-0.05, 0) is 25.5 Å². The summed E-state index contributed by atoms with van der Waals surface area (Å²) in [5.41, 5.74) is 6.21. The molecule has 0 radical (unpaired) electrons. The maximum absolute atomic E-state index is 12.5. The van der Waals surface area contributed by atoms with Crippen molar-refractivity contribution in [1.29, 1.82) is 0 Å². The Labute approximate surface area is 128 Å². The number of ether oxygens (including phenoxy) is 1. The van der Waals surface area contributed by atoms with Gasteiger partial charge in [-0.15, -0.1) is 0 Å². The number of benzene rings is 1. The summed E-state index contributed by atoms with van der Waals surface area (Å²) < 4.78 is 17.7. The number of rotatable bonds is 8. The van der Waals surface area contributed by atoms with Crippen LogP contribution in [0, 0.1) is 0 Å². The molecular formula is C15H24N2O3S. The monoisotopic (exact) mass is 312 g/mol. The lowest BCUT2D eigenvalue weighted by atomic mass is 10.2. The van der Waals surface area contributed by atoms with Gasteiger partial charge in [0.25, 0.3) is 0 Å². The van der Waals surface area contributed by atoms with E-state index in [-0.39, 0.29) is 5.91 Å². The summed E-state index contributed by atoms with van der Waals surface area (Å²) in [6.45, 7) is 4.38. The molecule has 0 bridgehead atoms. The number of carbonyl (C=O) groups excluding carboxylic acids is 1. The van der Waals surface area contributed by atoms with Crippen LogP contribution < -0.4 is 15.8 Å². The number of hydrogen-bond donors (Lipinski definition) is 2. The van der Waals surface area contributed by atoms with Crippen molar-refractivity contribution < 1.29 is 13.7 Å². The number of nitrogens with two attached hydrogens (primary N) is 1. The van der Waals surface area contributed by atoms with Crippen molar-refractivity contribution >= 4 is 22.4 Å². The second-order valence-corrected chi connectivity index (χ2v) is 6.59.